The first-order valence-electron chi connectivity index (χ1n) is 5.12. The fourth-order valence-electron chi connectivity index (χ4n) is 1.44. The second kappa shape index (κ2) is 4.50. The number of pyridine rings is 1. The lowest BCUT2D eigenvalue weighted by atomic mass is 10.4. The SMILES string of the molecule is c1ccc(CSc2nnc3ncccn23)nc1. The van der Waals surface area contributed by atoms with Crippen LogP contribution in [-0.4, -0.2) is 24.6 Å². The lowest BCUT2D eigenvalue weighted by molar-refractivity contribution is 0.917. The summed E-state index contributed by atoms with van der Waals surface area (Å²) < 4.78 is 1.87. The van der Waals surface area contributed by atoms with E-state index in [0.29, 0.717) is 5.78 Å². The lowest BCUT2D eigenvalue weighted by Gasteiger charge is -1.98. The van der Waals surface area contributed by atoms with Crippen molar-refractivity contribution in [3.8, 4) is 0 Å². The normalized spacial score (nSPS) is 10.8. The Balaban J connectivity index is 1.82. The highest BCUT2D eigenvalue weighted by molar-refractivity contribution is 7.98. The van der Waals surface area contributed by atoms with E-state index in [-0.39, 0.29) is 0 Å². The van der Waals surface area contributed by atoms with Crippen molar-refractivity contribution in [3.63, 3.8) is 0 Å². The molecule has 0 aliphatic carbocycles. The van der Waals surface area contributed by atoms with Gasteiger partial charge < -0.3 is 0 Å². The molecule has 0 N–H and O–H groups in total. The number of aromatic nitrogens is 5. The van der Waals surface area contributed by atoms with E-state index in [0.717, 1.165) is 16.6 Å². The summed E-state index contributed by atoms with van der Waals surface area (Å²) in [5.74, 6) is 1.40. The molecule has 0 aliphatic rings. The van der Waals surface area contributed by atoms with Crippen LogP contribution in [0.2, 0.25) is 0 Å². The molecule has 0 saturated carbocycles. The quantitative estimate of drug-likeness (QED) is 0.657. The van der Waals surface area contributed by atoms with Crippen molar-refractivity contribution >= 4 is 17.5 Å². The lowest BCUT2D eigenvalue weighted by Crippen LogP contribution is -1.90. The van der Waals surface area contributed by atoms with Gasteiger partial charge in [0.2, 0.25) is 0 Å². The molecule has 0 amide bonds. The number of hydrogen-bond acceptors (Lipinski definition) is 5. The van der Waals surface area contributed by atoms with Crippen LogP contribution < -0.4 is 0 Å². The molecule has 0 aliphatic heterocycles. The summed E-state index contributed by atoms with van der Waals surface area (Å²) in [5, 5.41) is 8.92. The Hall–Kier alpha value is -1.95. The average molecular weight is 243 g/mol. The summed E-state index contributed by atoms with van der Waals surface area (Å²) >= 11 is 1.60. The van der Waals surface area contributed by atoms with Crippen LogP contribution in [0.25, 0.3) is 5.78 Å². The van der Waals surface area contributed by atoms with Crippen LogP contribution in [0, 0.1) is 0 Å². The molecule has 0 saturated heterocycles. The van der Waals surface area contributed by atoms with Crippen LogP contribution in [-0.2, 0) is 5.75 Å². The highest BCUT2D eigenvalue weighted by atomic mass is 32.2. The van der Waals surface area contributed by atoms with Crippen LogP contribution >= 0.6 is 11.8 Å². The Morgan fingerprint density at radius 1 is 1.06 bits per heavy atom. The van der Waals surface area contributed by atoms with Gasteiger partial charge >= 0.3 is 0 Å². The van der Waals surface area contributed by atoms with Crippen LogP contribution in [0.15, 0.2) is 48.0 Å². The van der Waals surface area contributed by atoms with Gasteiger partial charge in [0.1, 0.15) is 0 Å². The van der Waals surface area contributed by atoms with E-state index in [4.69, 9.17) is 0 Å². The largest absolute Gasteiger partial charge is 0.261 e. The van der Waals surface area contributed by atoms with Gasteiger partial charge in [-0.1, -0.05) is 17.8 Å². The molecule has 0 aromatic carbocycles. The van der Waals surface area contributed by atoms with Crippen molar-refractivity contribution in [1.29, 1.82) is 0 Å². The fraction of sp³-hybridized carbons (Fsp3) is 0.0909. The maximum Gasteiger partial charge on any atom is 0.255 e. The van der Waals surface area contributed by atoms with Gasteiger partial charge in [-0.05, 0) is 18.2 Å². The van der Waals surface area contributed by atoms with Gasteiger partial charge in [-0.3, -0.25) is 9.38 Å². The Morgan fingerprint density at radius 3 is 2.88 bits per heavy atom. The van der Waals surface area contributed by atoms with Crippen molar-refractivity contribution in [2.45, 2.75) is 10.9 Å². The van der Waals surface area contributed by atoms with Gasteiger partial charge in [0.15, 0.2) is 5.16 Å². The van der Waals surface area contributed by atoms with E-state index >= 15 is 0 Å². The van der Waals surface area contributed by atoms with Gasteiger partial charge in [0.05, 0.1) is 5.69 Å². The number of rotatable bonds is 3. The van der Waals surface area contributed by atoms with E-state index < -0.39 is 0 Å². The minimum Gasteiger partial charge on any atom is -0.261 e. The fourth-order valence-corrected chi connectivity index (χ4v) is 2.27. The zero-order valence-electron chi connectivity index (χ0n) is 8.89. The third-order valence-electron chi connectivity index (χ3n) is 2.23. The predicted octanol–water partition coefficient (Wildman–Crippen LogP) is 1.81. The first-order valence-corrected chi connectivity index (χ1v) is 6.10. The molecule has 0 atom stereocenters. The number of nitrogens with zero attached hydrogens (tertiary/aromatic N) is 5. The Bertz CT molecular complexity index is 622. The molecule has 0 spiro atoms. The van der Waals surface area contributed by atoms with Gasteiger partial charge in [-0.15, -0.1) is 10.2 Å². The molecule has 0 fully saturated rings. The van der Waals surface area contributed by atoms with E-state index in [1.54, 1.807) is 24.2 Å². The second-order valence-electron chi connectivity index (χ2n) is 3.38. The molecule has 0 bridgehead atoms. The molecule has 84 valence electrons. The minimum atomic E-state index is 0.621. The van der Waals surface area contributed by atoms with Gasteiger partial charge in [0, 0.05) is 24.3 Å². The molecule has 3 aromatic rings. The van der Waals surface area contributed by atoms with Crippen molar-refractivity contribution in [2.24, 2.45) is 0 Å². The predicted molar refractivity (Wildman–Crippen MR) is 64.6 cm³/mol. The summed E-state index contributed by atoms with van der Waals surface area (Å²) in [6, 6.07) is 7.74. The summed E-state index contributed by atoms with van der Waals surface area (Å²) in [7, 11) is 0. The third kappa shape index (κ3) is 2.12. The summed E-state index contributed by atoms with van der Waals surface area (Å²) in [5.41, 5.74) is 1.03. The highest BCUT2D eigenvalue weighted by Crippen LogP contribution is 2.19. The summed E-state index contributed by atoms with van der Waals surface area (Å²) in [6.07, 6.45) is 5.40. The van der Waals surface area contributed by atoms with Crippen molar-refractivity contribution in [2.75, 3.05) is 0 Å². The van der Waals surface area contributed by atoms with Gasteiger partial charge in [-0.25, -0.2) is 4.98 Å². The second-order valence-corrected chi connectivity index (χ2v) is 4.32. The topological polar surface area (TPSA) is 56.0 Å². The summed E-state index contributed by atoms with van der Waals surface area (Å²) in [6.45, 7) is 0. The molecule has 3 aromatic heterocycles. The molecule has 0 unspecified atom stereocenters. The average Bonchev–Trinajstić information content (AvgIpc) is 2.81. The van der Waals surface area contributed by atoms with Crippen LogP contribution in [0.3, 0.4) is 0 Å². The maximum atomic E-state index is 4.26. The number of hydrogen-bond donors (Lipinski definition) is 0. The Morgan fingerprint density at radius 2 is 2.00 bits per heavy atom. The maximum absolute atomic E-state index is 4.26. The van der Waals surface area contributed by atoms with E-state index in [2.05, 4.69) is 20.2 Å². The third-order valence-corrected chi connectivity index (χ3v) is 3.21. The van der Waals surface area contributed by atoms with Crippen molar-refractivity contribution < 1.29 is 0 Å². The van der Waals surface area contributed by atoms with Crippen molar-refractivity contribution in [1.82, 2.24) is 24.6 Å². The zero-order valence-corrected chi connectivity index (χ0v) is 9.71. The molecular formula is C11H9N5S. The number of thioether (sulfide) groups is 1. The zero-order chi connectivity index (χ0) is 11.5. The number of fused-ring (bicyclic) bond motifs is 1. The van der Waals surface area contributed by atoms with Crippen LogP contribution in [0.4, 0.5) is 0 Å². The van der Waals surface area contributed by atoms with E-state index in [1.165, 1.54) is 0 Å². The molecule has 0 radical (unpaired) electrons. The van der Waals surface area contributed by atoms with Gasteiger partial charge in [-0.2, -0.15) is 0 Å². The molecule has 17 heavy (non-hydrogen) atoms. The Labute approximate surface area is 102 Å². The molecule has 3 heterocycles. The monoisotopic (exact) mass is 243 g/mol. The first kappa shape index (κ1) is 10.2. The first-order chi connectivity index (χ1) is 8.43. The van der Waals surface area contributed by atoms with E-state index in [1.807, 2.05) is 34.9 Å². The van der Waals surface area contributed by atoms with Crippen molar-refractivity contribution in [3.05, 3.63) is 48.5 Å². The molecule has 3 rings (SSSR count). The molecule has 6 heteroatoms. The Kier molecular flexibility index (Phi) is 2.71. The van der Waals surface area contributed by atoms with Crippen LogP contribution in [0.5, 0.6) is 0 Å². The van der Waals surface area contributed by atoms with Crippen LogP contribution in [0.1, 0.15) is 5.69 Å². The highest BCUT2D eigenvalue weighted by Gasteiger charge is 2.06. The van der Waals surface area contributed by atoms with E-state index in [9.17, 15) is 0 Å². The van der Waals surface area contributed by atoms with Gasteiger partial charge in [0.25, 0.3) is 5.78 Å². The standard InChI is InChI=1S/C11H9N5S/c1-2-5-12-9(4-1)8-17-11-15-14-10-13-6-3-7-16(10)11/h1-7H,8H2. The summed E-state index contributed by atoms with van der Waals surface area (Å²) in [4.78, 5) is 8.38. The molecule has 5 nitrogen and oxygen atoms in total. The minimum absolute atomic E-state index is 0.621. The molecular weight excluding hydrogens is 234 g/mol. The smallest absolute Gasteiger partial charge is 0.255 e.